The molecule has 4 rings (SSSR count). The smallest absolute Gasteiger partial charge is 0.240 e. The van der Waals surface area contributed by atoms with Gasteiger partial charge in [-0.05, 0) is 24.3 Å². The van der Waals surface area contributed by atoms with E-state index in [1.165, 1.54) is 17.0 Å². The van der Waals surface area contributed by atoms with Crippen LogP contribution in [0.1, 0.15) is 0 Å². The fourth-order valence-electron chi connectivity index (χ4n) is 3.25. The first kappa shape index (κ1) is 19.1. The lowest BCUT2D eigenvalue weighted by Gasteiger charge is -2.35. The van der Waals surface area contributed by atoms with E-state index in [4.69, 9.17) is 0 Å². The fourth-order valence-corrected chi connectivity index (χ4v) is 4.25. The molecule has 28 heavy (non-hydrogen) atoms. The highest BCUT2D eigenvalue weighted by atomic mass is 79.9. The van der Waals surface area contributed by atoms with Gasteiger partial charge in [-0.25, -0.2) is 4.98 Å². The molecule has 0 spiro atoms. The molecule has 0 saturated carbocycles. The highest BCUT2D eigenvalue weighted by Crippen LogP contribution is 2.26. The third-order valence-electron chi connectivity index (χ3n) is 4.75. The van der Waals surface area contributed by atoms with Crippen molar-refractivity contribution in [2.75, 3.05) is 42.9 Å². The Morgan fingerprint density at radius 2 is 1.75 bits per heavy atom. The number of nitrogens with one attached hydrogen (secondary N) is 1. The van der Waals surface area contributed by atoms with Gasteiger partial charge in [0, 0.05) is 47.3 Å². The van der Waals surface area contributed by atoms with Gasteiger partial charge in [-0.2, -0.15) is 0 Å². The molecule has 0 unspecified atom stereocenters. The van der Waals surface area contributed by atoms with Crippen molar-refractivity contribution < 1.29 is 4.79 Å². The van der Waals surface area contributed by atoms with Gasteiger partial charge in [-0.15, -0.1) is 11.3 Å². The summed E-state index contributed by atoms with van der Waals surface area (Å²) >= 11 is 4.89. The van der Waals surface area contributed by atoms with E-state index >= 15 is 0 Å². The van der Waals surface area contributed by atoms with Gasteiger partial charge in [0.15, 0.2) is 5.13 Å². The maximum Gasteiger partial charge on any atom is 0.240 e. The Hall–Kier alpha value is -2.22. The van der Waals surface area contributed by atoms with Crippen molar-refractivity contribution in [3.8, 4) is 11.3 Å². The Labute approximate surface area is 177 Å². The van der Waals surface area contributed by atoms with Gasteiger partial charge in [-0.3, -0.25) is 9.69 Å². The summed E-state index contributed by atoms with van der Waals surface area (Å²) in [6, 6.07) is 18.4. The predicted octanol–water partition coefficient (Wildman–Crippen LogP) is 4.33. The number of para-hydroxylation sites is 1. The van der Waals surface area contributed by atoms with Crippen LogP contribution in [0.4, 0.5) is 10.8 Å². The lowest BCUT2D eigenvalue weighted by Crippen LogP contribution is -2.48. The van der Waals surface area contributed by atoms with Crippen LogP contribution < -0.4 is 10.2 Å². The first-order chi connectivity index (χ1) is 13.7. The largest absolute Gasteiger partial charge is 0.369 e. The minimum Gasteiger partial charge on any atom is -0.369 e. The normalized spacial score (nSPS) is 14.8. The molecule has 3 aromatic rings. The Bertz CT molecular complexity index is 921. The van der Waals surface area contributed by atoms with Crippen molar-refractivity contribution in [3.05, 3.63) is 64.5 Å². The number of carbonyl (C=O) groups excluding carboxylic acids is 1. The summed E-state index contributed by atoms with van der Waals surface area (Å²) in [6.45, 7) is 4.02. The van der Waals surface area contributed by atoms with Crippen LogP contribution in [0.2, 0.25) is 0 Å². The van der Waals surface area contributed by atoms with E-state index in [2.05, 4.69) is 60.3 Å². The molecule has 144 valence electrons. The summed E-state index contributed by atoms with van der Waals surface area (Å²) in [5.41, 5.74) is 3.16. The number of halogens is 1. The number of rotatable bonds is 5. The van der Waals surface area contributed by atoms with E-state index < -0.39 is 0 Å². The second kappa shape index (κ2) is 8.86. The highest BCUT2D eigenvalue weighted by Gasteiger charge is 2.19. The second-order valence-electron chi connectivity index (χ2n) is 6.69. The van der Waals surface area contributed by atoms with E-state index in [0.717, 1.165) is 41.9 Å². The Kier molecular flexibility index (Phi) is 6.04. The zero-order valence-electron chi connectivity index (χ0n) is 15.3. The van der Waals surface area contributed by atoms with Crippen molar-refractivity contribution >= 4 is 44.0 Å². The summed E-state index contributed by atoms with van der Waals surface area (Å²) < 4.78 is 1.03. The number of benzene rings is 2. The van der Waals surface area contributed by atoms with Crippen LogP contribution in [0.3, 0.4) is 0 Å². The SMILES string of the molecule is O=C(CN1CCN(c2ccccc2)CC1)Nc1nc(-c2ccc(Br)cc2)cs1. The molecule has 1 amide bonds. The third kappa shape index (κ3) is 4.79. The first-order valence-electron chi connectivity index (χ1n) is 9.21. The van der Waals surface area contributed by atoms with Crippen molar-refractivity contribution in [2.45, 2.75) is 0 Å². The summed E-state index contributed by atoms with van der Waals surface area (Å²) in [5, 5.41) is 5.55. The number of aromatic nitrogens is 1. The number of hydrogen-bond donors (Lipinski definition) is 1. The molecule has 2 aromatic carbocycles. The van der Waals surface area contributed by atoms with Crippen LogP contribution >= 0.6 is 27.3 Å². The molecule has 0 aliphatic carbocycles. The predicted molar refractivity (Wildman–Crippen MR) is 119 cm³/mol. The van der Waals surface area contributed by atoms with Gasteiger partial charge in [0.1, 0.15) is 0 Å². The minimum atomic E-state index is -0.00938. The molecule has 0 radical (unpaired) electrons. The number of hydrogen-bond acceptors (Lipinski definition) is 5. The molecule has 7 heteroatoms. The zero-order valence-corrected chi connectivity index (χ0v) is 17.7. The lowest BCUT2D eigenvalue weighted by molar-refractivity contribution is -0.117. The molecule has 1 N–H and O–H groups in total. The van der Waals surface area contributed by atoms with E-state index in [1.54, 1.807) is 0 Å². The van der Waals surface area contributed by atoms with Crippen LogP contribution in [-0.4, -0.2) is 48.5 Å². The van der Waals surface area contributed by atoms with E-state index in [9.17, 15) is 4.79 Å². The second-order valence-corrected chi connectivity index (χ2v) is 8.47. The lowest BCUT2D eigenvalue weighted by atomic mass is 10.2. The summed E-state index contributed by atoms with van der Waals surface area (Å²) in [7, 11) is 0. The van der Waals surface area contributed by atoms with Gasteiger partial charge in [0.25, 0.3) is 0 Å². The van der Waals surface area contributed by atoms with Crippen molar-refractivity contribution in [2.24, 2.45) is 0 Å². The van der Waals surface area contributed by atoms with Crippen LogP contribution in [0, 0.1) is 0 Å². The third-order valence-corrected chi connectivity index (χ3v) is 6.04. The van der Waals surface area contributed by atoms with Crippen molar-refractivity contribution in [1.82, 2.24) is 9.88 Å². The Balaban J connectivity index is 1.28. The molecular formula is C21H21BrN4OS. The van der Waals surface area contributed by atoms with Crippen molar-refractivity contribution in [1.29, 1.82) is 0 Å². The molecular weight excluding hydrogens is 436 g/mol. The first-order valence-corrected chi connectivity index (χ1v) is 10.9. The number of amides is 1. The molecule has 0 bridgehead atoms. The molecule has 2 heterocycles. The maximum atomic E-state index is 12.4. The number of anilines is 2. The molecule has 1 fully saturated rings. The van der Waals surface area contributed by atoms with Crippen molar-refractivity contribution in [3.63, 3.8) is 0 Å². The summed E-state index contributed by atoms with van der Waals surface area (Å²) in [5.74, 6) is -0.00938. The number of thiazole rings is 1. The van der Waals surface area contributed by atoms with Crippen LogP contribution in [0.15, 0.2) is 64.5 Å². The topological polar surface area (TPSA) is 48.5 Å². The van der Waals surface area contributed by atoms with Gasteiger partial charge < -0.3 is 10.2 Å². The van der Waals surface area contributed by atoms with Crippen LogP contribution in [0.25, 0.3) is 11.3 Å². The van der Waals surface area contributed by atoms with Gasteiger partial charge in [0.2, 0.25) is 5.91 Å². The fraction of sp³-hybridized carbons (Fsp3) is 0.238. The van der Waals surface area contributed by atoms with Gasteiger partial charge in [-0.1, -0.05) is 46.3 Å². The molecule has 1 aliphatic heterocycles. The van der Waals surface area contributed by atoms with E-state index in [1.807, 2.05) is 35.7 Å². The average molecular weight is 457 g/mol. The van der Waals surface area contributed by atoms with Gasteiger partial charge >= 0.3 is 0 Å². The maximum absolute atomic E-state index is 12.4. The summed E-state index contributed by atoms with van der Waals surface area (Å²) in [6.07, 6.45) is 0. The monoisotopic (exact) mass is 456 g/mol. The number of piperazine rings is 1. The number of nitrogens with zero attached hydrogens (tertiary/aromatic N) is 3. The highest BCUT2D eigenvalue weighted by molar-refractivity contribution is 9.10. The minimum absolute atomic E-state index is 0.00938. The molecule has 0 atom stereocenters. The average Bonchev–Trinajstić information content (AvgIpc) is 3.18. The molecule has 1 aromatic heterocycles. The Morgan fingerprint density at radius 1 is 1.04 bits per heavy atom. The molecule has 5 nitrogen and oxygen atoms in total. The van der Waals surface area contributed by atoms with E-state index in [0.29, 0.717) is 11.7 Å². The van der Waals surface area contributed by atoms with Gasteiger partial charge in [0.05, 0.1) is 12.2 Å². The van der Waals surface area contributed by atoms with E-state index in [-0.39, 0.29) is 5.91 Å². The van der Waals surface area contributed by atoms with Crippen LogP contribution in [0.5, 0.6) is 0 Å². The summed E-state index contributed by atoms with van der Waals surface area (Å²) in [4.78, 5) is 21.5. The molecule has 1 saturated heterocycles. The van der Waals surface area contributed by atoms with Crippen LogP contribution in [-0.2, 0) is 4.79 Å². The zero-order chi connectivity index (χ0) is 19.3. The Morgan fingerprint density at radius 3 is 2.46 bits per heavy atom. The quantitative estimate of drug-likeness (QED) is 0.620. The molecule has 1 aliphatic rings. The number of carbonyl (C=O) groups is 1. The standard InChI is InChI=1S/C21H21BrN4OS/c22-17-8-6-16(7-9-17)19-15-28-21(23-19)24-20(27)14-25-10-12-26(13-11-25)18-4-2-1-3-5-18/h1-9,15H,10-14H2,(H,23,24,27).